The van der Waals surface area contributed by atoms with Crippen molar-refractivity contribution in [3.63, 3.8) is 0 Å². The standard InChI is InChI=1S/C16H20N2O2/c1-12-6-2-4-8-14(12)18-16(19)11-20-15-9-5-3-7-13(15)10-17/h3,5,7,9,12,14H,2,4,6,8,11H2,1H3,(H,18,19)/t12-,14-/m1/s1. The van der Waals surface area contributed by atoms with Gasteiger partial charge in [-0.25, -0.2) is 0 Å². The Morgan fingerprint density at radius 2 is 2.15 bits per heavy atom. The maximum Gasteiger partial charge on any atom is 0.258 e. The van der Waals surface area contributed by atoms with Gasteiger partial charge in [-0.3, -0.25) is 4.79 Å². The molecular formula is C16H20N2O2. The van der Waals surface area contributed by atoms with Crippen LogP contribution in [0.3, 0.4) is 0 Å². The van der Waals surface area contributed by atoms with Crippen molar-refractivity contribution in [1.29, 1.82) is 5.26 Å². The number of carbonyl (C=O) groups is 1. The number of carbonyl (C=O) groups excluding carboxylic acids is 1. The molecule has 0 radical (unpaired) electrons. The second kappa shape index (κ2) is 6.95. The van der Waals surface area contributed by atoms with Crippen LogP contribution in [0.15, 0.2) is 24.3 Å². The molecule has 1 aliphatic carbocycles. The van der Waals surface area contributed by atoms with Crippen molar-refractivity contribution in [3.05, 3.63) is 29.8 Å². The summed E-state index contributed by atoms with van der Waals surface area (Å²) in [4.78, 5) is 11.9. The van der Waals surface area contributed by atoms with Crippen molar-refractivity contribution in [2.75, 3.05) is 6.61 Å². The first-order valence-corrected chi connectivity index (χ1v) is 7.12. The van der Waals surface area contributed by atoms with Gasteiger partial charge in [0.1, 0.15) is 11.8 Å². The summed E-state index contributed by atoms with van der Waals surface area (Å²) in [5.74, 6) is 0.873. The topological polar surface area (TPSA) is 62.1 Å². The van der Waals surface area contributed by atoms with E-state index >= 15 is 0 Å². The molecule has 1 aromatic rings. The number of nitrogens with zero attached hydrogens (tertiary/aromatic N) is 1. The van der Waals surface area contributed by atoms with Gasteiger partial charge in [-0.2, -0.15) is 5.26 Å². The molecule has 2 atom stereocenters. The van der Waals surface area contributed by atoms with Gasteiger partial charge < -0.3 is 10.1 Å². The first kappa shape index (κ1) is 14.4. The summed E-state index contributed by atoms with van der Waals surface area (Å²) in [5.41, 5.74) is 0.450. The van der Waals surface area contributed by atoms with Crippen molar-refractivity contribution in [1.82, 2.24) is 5.32 Å². The molecule has 0 unspecified atom stereocenters. The maximum atomic E-state index is 11.9. The predicted molar refractivity (Wildman–Crippen MR) is 76.2 cm³/mol. The van der Waals surface area contributed by atoms with E-state index in [0.29, 0.717) is 17.2 Å². The number of para-hydroxylation sites is 1. The van der Waals surface area contributed by atoms with E-state index in [2.05, 4.69) is 18.3 Å². The Bertz CT molecular complexity index is 507. The Kier molecular flexibility index (Phi) is 5.00. The number of amides is 1. The predicted octanol–water partition coefficient (Wildman–Crippen LogP) is 2.63. The average Bonchev–Trinajstić information content (AvgIpc) is 2.48. The quantitative estimate of drug-likeness (QED) is 0.916. The molecule has 0 bridgehead atoms. The second-order valence-corrected chi connectivity index (χ2v) is 5.33. The van der Waals surface area contributed by atoms with E-state index in [0.717, 1.165) is 6.42 Å². The summed E-state index contributed by atoms with van der Waals surface area (Å²) in [5, 5.41) is 12.0. The van der Waals surface area contributed by atoms with Crippen molar-refractivity contribution in [2.24, 2.45) is 5.92 Å². The largest absolute Gasteiger partial charge is 0.482 e. The van der Waals surface area contributed by atoms with E-state index in [4.69, 9.17) is 10.00 Å². The second-order valence-electron chi connectivity index (χ2n) is 5.33. The van der Waals surface area contributed by atoms with Gasteiger partial charge in [-0.1, -0.05) is 31.9 Å². The number of ether oxygens (including phenoxy) is 1. The molecule has 4 heteroatoms. The molecule has 20 heavy (non-hydrogen) atoms. The van der Waals surface area contributed by atoms with Crippen LogP contribution in [0.25, 0.3) is 0 Å². The highest BCUT2D eigenvalue weighted by Gasteiger charge is 2.22. The fourth-order valence-electron chi connectivity index (χ4n) is 2.61. The van der Waals surface area contributed by atoms with Gasteiger partial charge in [-0.05, 0) is 30.9 Å². The van der Waals surface area contributed by atoms with Crippen LogP contribution in [-0.4, -0.2) is 18.6 Å². The lowest BCUT2D eigenvalue weighted by Crippen LogP contribution is -2.43. The number of benzene rings is 1. The Morgan fingerprint density at radius 3 is 2.90 bits per heavy atom. The zero-order valence-corrected chi connectivity index (χ0v) is 11.8. The number of hydrogen-bond donors (Lipinski definition) is 1. The highest BCUT2D eigenvalue weighted by atomic mass is 16.5. The van der Waals surface area contributed by atoms with Crippen molar-refractivity contribution in [2.45, 2.75) is 38.6 Å². The third-order valence-corrected chi connectivity index (χ3v) is 3.82. The van der Waals surface area contributed by atoms with Crippen LogP contribution in [0.4, 0.5) is 0 Å². The monoisotopic (exact) mass is 272 g/mol. The molecular weight excluding hydrogens is 252 g/mol. The van der Waals surface area contributed by atoms with Gasteiger partial charge >= 0.3 is 0 Å². The highest BCUT2D eigenvalue weighted by Crippen LogP contribution is 2.23. The zero-order valence-electron chi connectivity index (χ0n) is 11.8. The third-order valence-electron chi connectivity index (χ3n) is 3.82. The van der Waals surface area contributed by atoms with E-state index in [9.17, 15) is 4.79 Å². The molecule has 0 aliphatic heterocycles. The number of hydrogen-bond acceptors (Lipinski definition) is 3. The first-order valence-electron chi connectivity index (χ1n) is 7.12. The Labute approximate surface area is 119 Å². The van der Waals surface area contributed by atoms with Gasteiger partial charge in [-0.15, -0.1) is 0 Å². The number of nitrogens with one attached hydrogen (secondary N) is 1. The summed E-state index contributed by atoms with van der Waals surface area (Å²) in [6.45, 7) is 2.14. The molecule has 1 fully saturated rings. The molecule has 0 spiro atoms. The molecule has 1 N–H and O–H groups in total. The van der Waals surface area contributed by atoms with Crippen LogP contribution in [0.2, 0.25) is 0 Å². The maximum absolute atomic E-state index is 11.9. The lowest BCUT2D eigenvalue weighted by atomic mass is 9.86. The number of nitriles is 1. The van der Waals surface area contributed by atoms with Crippen molar-refractivity contribution in [3.8, 4) is 11.8 Å². The molecule has 4 nitrogen and oxygen atoms in total. The van der Waals surface area contributed by atoms with Gasteiger partial charge in [0.25, 0.3) is 5.91 Å². The van der Waals surface area contributed by atoms with Crippen LogP contribution < -0.4 is 10.1 Å². The van der Waals surface area contributed by atoms with Gasteiger partial charge in [0.05, 0.1) is 5.56 Å². The molecule has 1 saturated carbocycles. The zero-order chi connectivity index (χ0) is 14.4. The molecule has 106 valence electrons. The molecule has 0 saturated heterocycles. The van der Waals surface area contributed by atoms with E-state index in [1.165, 1.54) is 19.3 Å². The summed E-state index contributed by atoms with van der Waals surface area (Å²) >= 11 is 0. The minimum atomic E-state index is -0.114. The Balaban J connectivity index is 1.84. The lowest BCUT2D eigenvalue weighted by Gasteiger charge is -2.29. The van der Waals surface area contributed by atoms with E-state index in [-0.39, 0.29) is 18.6 Å². The summed E-state index contributed by atoms with van der Waals surface area (Å²) in [7, 11) is 0. The fourth-order valence-corrected chi connectivity index (χ4v) is 2.61. The van der Waals surface area contributed by atoms with Gasteiger partial charge in [0.2, 0.25) is 0 Å². The molecule has 0 heterocycles. The average molecular weight is 272 g/mol. The Hall–Kier alpha value is -2.02. The molecule has 1 aromatic carbocycles. The van der Waals surface area contributed by atoms with E-state index < -0.39 is 0 Å². The summed E-state index contributed by atoms with van der Waals surface area (Å²) in [6.07, 6.45) is 4.64. The van der Waals surface area contributed by atoms with Crippen LogP contribution in [0, 0.1) is 17.2 Å². The molecule has 1 aliphatic rings. The molecule has 1 amide bonds. The smallest absolute Gasteiger partial charge is 0.258 e. The molecule has 2 rings (SSSR count). The van der Waals surface area contributed by atoms with Gasteiger partial charge in [0.15, 0.2) is 6.61 Å². The van der Waals surface area contributed by atoms with Crippen LogP contribution in [0.1, 0.15) is 38.2 Å². The van der Waals surface area contributed by atoms with Crippen LogP contribution in [-0.2, 0) is 4.79 Å². The van der Waals surface area contributed by atoms with Gasteiger partial charge in [0, 0.05) is 6.04 Å². The normalized spacial score (nSPS) is 21.8. The highest BCUT2D eigenvalue weighted by molar-refractivity contribution is 5.78. The molecule has 0 aromatic heterocycles. The van der Waals surface area contributed by atoms with Crippen LogP contribution >= 0.6 is 0 Å². The Morgan fingerprint density at radius 1 is 1.40 bits per heavy atom. The minimum absolute atomic E-state index is 0.0398. The third kappa shape index (κ3) is 3.74. The lowest BCUT2D eigenvalue weighted by molar-refractivity contribution is -0.124. The van der Waals surface area contributed by atoms with Crippen LogP contribution in [0.5, 0.6) is 5.75 Å². The fraction of sp³-hybridized carbons (Fsp3) is 0.500. The summed E-state index contributed by atoms with van der Waals surface area (Å²) in [6, 6.07) is 9.25. The van der Waals surface area contributed by atoms with Crippen molar-refractivity contribution < 1.29 is 9.53 Å². The number of rotatable bonds is 4. The minimum Gasteiger partial charge on any atom is -0.482 e. The SMILES string of the molecule is C[C@@H]1CCCC[C@H]1NC(=O)COc1ccccc1C#N. The van der Waals surface area contributed by atoms with E-state index in [1.54, 1.807) is 24.3 Å². The first-order chi connectivity index (χ1) is 9.70. The van der Waals surface area contributed by atoms with E-state index in [1.807, 2.05) is 0 Å². The summed E-state index contributed by atoms with van der Waals surface area (Å²) < 4.78 is 5.43. The van der Waals surface area contributed by atoms with Crippen molar-refractivity contribution >= 4 is 5.91 Å².